The zero-order chi connectivity index (χ0) is 22.8. The van der Waals surface area contributed by atoms with Gasteiger partial charge in [-0.3, -0.25) is 4.79 Å². The molecule has 1 heterocycles. The molecule has 33 heavy (non-hydrogen) atoms. The van der Waals surface area contributed by atoms with Crippen molar-refractivity contribution in [2.75, 3.05) is 13.1 Å². The van der Waals surface area contributed by atoms with Gasteiger partial charge in [0.1, 0.15) is 6.04 Å². The number of amides is 1. The number of carbonyl (C=O) groups is 1. The van der Waals surface area contributed by atoms with Crippen molar-refractivity contribution in [3.8, 4) is 0 Å². The molecule has 0 radical (unpaired) electrons. The molecule has 0 aromatic heterocycles. The van der Waals surface area contributed by atoms with Crippen LogP contribution < -0.4 is 5.32 Å². The fourth-order valence-corrected chi connectivity index (χ4v) is 6.39. The predicted molar refractivity (Wildman–Crippen MR) is 132 cm³/mol. The van der Waals surface area contributed by atoms with Crippen LogP contribution >= 0.6 is 0 Å². The Morgan fingerprint density at radius 1 is 0.879 bits per heavy atom. The first-order valence-electron chi connectivity index (χ1n) is 11.3. The van der Waals surface area contributed by atoms with E-state index in [0.29, 0.717) is 32.4 Å². The van der Waals surface area contributed by atoms with Gasteiger partial charge in [0.2, 0.25) is 15.9 Å². The molecule has 6 heteroatoms. The number of hydrogen-bond donors (Lipinski definition) is 1. The van der Waals surface area contributed by atoms with Crippen LogP contribution in [0, 0.1) is 0 Å². The van der Waals surface area contributed by atoms with E-state index in [2.05, 4.69) is 29.6 Å². The Balaban J connectivity index is 1.29. The molecule has 1 aliphatic heterocycles. The van der Waals surface area contributed by atoms with E-state index in [1.807, 2.05) is 48.5 Å². The van der Waals surface area contributed by atoms with Crippen molar-refractivity contribution < 1.29 is 13.2 Å². The Kier molecular flexibility index (Phi) is 5.87. The van der Waals surface area contributed by atoms with E-state index in [4.69, 9.17) is 0 Å². The molecule has 0 saturated carbocycles. The van der Waals surface area contributed by atoms with Crippen LogP contribution in [0.5, 0.6) is 0 Å². The van der Waals surface area contributed by atoms with Crippen LogP contribution in [0.3, 0.4) is 0 Å². The van der Waals surface area contributed by atoms with Gasteiger partial charge in [-0.2, -0.15) is 4.31 Å². The van der Waals surface area contributed by atoms with Crippen LogP contribution in [0.2, 0.25) is 0 Å². The molecule has 1 amide bonds. The van der Waals surface area contributed by atoms with Gasteiger partial charge in [0.05, 0.1) is 4.90 Å². The van der Waals surface area contributed by atoms with Gasteiger partial charge in [-0.25, -0.2) is 8.42 Å². The van der Waals surface area contributed by atoms with E-state index in [1.165, 1.54) is 20.6 Å². The van der Waals surface area contributed by atoms with Crippen molar-refractivity contribution in [1.82, 2.24) is 9.62 Å². The van der Waals surface area contributed by atoms with Gasteiger partial charge < -0.3 is 5.32 Å². The maximum absolute atomic E-state index is 13.4. The van der Waals surface area contributed by atoms with Gasteiger partial charge in [0, 0.05) is 13.1 Å². The van der Waals surface area contributed by atoms with Crippen molar-refractivity contribution >= 4 is 37.5 Å². The highest BCUT2D eigenvalue weighted by molar-refractivity contribution is 7.89. The molecule has 1 atom stereocenters. The molecule has 168 valence electrons. The molecule has 0 unspecified atom stereocenters. The standard InChI is InChI=1S/C27H26N2O3S/c30-27(28-17-16-22-11-5-10-21-8-3-4-12-25(21)22)26-13-6-18-29(26)33(31,32)24-15-14-20-7-1-2-9-23(20)19-24/h1-5,7-12,14-15,19,26H,6,13,16-18H2,(H,28,30)/t26-/m0/s1. The van der Waals surface area contributed by atoms with Crippen LogP contribution in [0.25, 0.3) is 21.5 Å². The summed E-state index contributed by atoms with van der Waals surface area (Å²) >= 11 is 0. The maximum atomic E-state index is 13.4. The third-order valence-corrected chi connectivity index (χ3v) is 8.31. The van der Waals surface area contributed by atoms with Crippen molar-refractivity contribution in [2.24, 2.45) is 0 Å². The SMILES string of the molecule is O=C(NCCc1cccc2ccccc12)[C@@H]1CCCN1S(=O)(=O)c1ccc2ccccc2c1. The summed E-state index contributed by atoms with van der Waals surface area (Å²) in [5.41, 5.74) is 1.17. The lowest BCUT2D eigenvalue weighted by molar-refractivity contribution is -0.124. The van der Waals surface area contributed by atoms with E-state index < -0.39 is 16.1 Å². The number of nitrogens with zero attached hydrogens (tertiary/aromatic N) is 1. The van der Waals surface area contributed by atoms with E-state index in [-0.39, 0.29) is 10.8 Å². The lowest BCUT2D eigenvalue weighted by atomic mass is 10.0. The van der Waals surface area contributed by atoms with E-state index in [1.54, 1.807) is 12.1 Å². The molecule has 1 N–H and O–H groups in total. The summed E-state index contributed by atoms with van der Waals surface area (Å²) in [6.07, 6.45) is 1.90. The summed E-state index contributed by atoms with van der Waals surface area (Å²) in [6.45, 7) is 0.823. The van der Waals surface area contributed by atoms with Crippen LogP contribution in [-0.2, 0) is 21.2 Å². The second kappa shape index (κ2) is 8.96. The van der Waals surface area contributed by atoms with Gasteiger partial charge in [0.25, 0.3) is 0 Å². The maximum Gasteiger partial charge on any atom is 0.243 e. The second-order valence-electron chi connectivity index (χ2n) is 8.46. The molecular weight excluding hydrogens is 432 g/mol. The lowest BCUT2D eigenvalue weighted by Gasteiger charge is -2.23. The zero-order valence-electron chi connectivity index (χ0n) is 18.3. The second-order valence-corrected chi connectivity index (χ2v) is 10.4. The zero-order valence-corrected chi connectivity index (χ0v) is 19.1. The first-order chi connectivity index (χ1) is 16.0. The number of fused-ring (bicyclic) bond motifs is 2. The topological polar surface area (TPSA) is 66.5 Å². The van der Waals surface area contributed by atoms with Crippen molar-refractivity contribution in [1.29, 1.82) is 0 Å². The summed E-state index contributed by atoms with van der Waals surface area (Å²) in [5.74, 6) is -0.225. The van der Waals surface area contributed by atoms with Gasteiger partial charge >= 0.3 is 0 Å². The average Bonchev–Trinajstić information content (AvgIpc) is 3.35. The normalized spacial score (nSPS) is 16.9. The highest BCUT2D eigenvalue weighted by Gasteiger charge is 2.39. The molecule has 5 rings (SSSR count). The summed E-state index contributed by atoms with van der Waals surface area (Å²) in [6, 6.07) is 26.5. The Bertz CT molecular complexity index is 1430. The van der Waals surface area contributed by atoms with Crippen LogP contribution in [0.15, 0.2) is 89.8 Å². The van der Waals surface area contributed by atoms with E-state index in [0.717, 1.165) is 10.8 Å². The first kappa shape index (κ1) is 21.6. The van der Waals surface area contributed by atoms with Gasteiger partial charge in [-0.15, -0.1) is 0 Å². The summed E-state index contributed by atoms with van der Waals surface area (Å²) in [5, 5.41) is 7.18. The molecule has 5 nitrogen and oxygen atoms in total. The van der Waals surface area contributed by atoms with Gasteiger partial charge in [-0.05, 0) is 58.5 Å². The Hall–Kier alpha value is -3.22. The molecule has 0 spiro atoms. The summed E-state index contributed by atoms with van der Waals surface area (Å²) in [4.78, 5) is 13.2. The quantitative estimate of drug-likeness (QED) is 0.462. The monoisotopic (exact) mass is 458 g/mol. The molecule has 1 fully saturated rings. The van der Waals surface area contributed by atoms with Crippen molar-refractivity contribution in [3.63, 3.8) is 0 Å². The molecule has 4 aromatic rings. The van der Waals surface area contributed by atoms with Crippen LogP contribution in [0.4, 0.5) is 0 Å². The highest BCUT2D eigenvalue weighted by Crippen LogP contribution is 2.28. The number of carbonyl (C=O) groups excluding carboxylic acids is 1. The van der Waals surface area contributed by atoms with Crippen LogP contribution in [0.1, 0.15) is 18.4 Å². The average molecular weight is 459 g/mol. The fourth-order valence-electron chi connectivity index (χ4n) is 4.70. The van der Waals surface area contributed by atoms with E-state index >= 15 is 0 Å². The Morgan fingerprint density at radius 3 is 2.45 bits per heavy atom. The Labute approximate surface area is 194 Å². The number of nitrogens with one attached hydrogen (secondary N) is 1. The third kappa shape index (κ3) is 4.24. The molecule has 0 aliphatic carbocycles. The summed E-state index contributed by atoms with van der Waals surface area (Å²) in [7, 11) is -3.76. The lowest BCUT2D eigenvalue weighted by Crippen LogP contribution is -2.46. The third-order valence-electron chi connectivity index (χ3n) is 6.41. The minimum atomic E-state index is -3.76. The first-order valence-corrected chi connectivity index (χ1v) is 12.7. The van der Waals surface area contributed by atoms with Gasteiger partial charge in [0.15, 0.2) is 0 Å². The number of rotatable bonds is 6. The van der Waals surface area contributed by atoms with Crippen molar-refractivity contribution in [3.05, 3.63) is 90.5 Å². The van der Waals surface area contributed by atoms with Gasteiger partial charge in [-0.1, -0.05) is 72.8 Å². The largest absolute Gasteiger partial charge is 0.354 e. The predicted octanol–water partition coefficient (Wildman–Crippen LogP) is 4.51. The molecule has 1 aliphatic rings. The Morgan fingerprint density at radius 2 is 1.61 bits per heavy atom. The molecular formula is C27H26N2O3S. The van der Waals surface area contributed by atoms with Crippen molar-refractivity contribution in [2.45, 2.75) is 30.2 Å². The number of benzene rings is 4. The highest BCUT2D eigenvalue weighted by atomic mass is 32.2. The smallest absolute Gasteiger partial charge is 0.243 e. The molecule has 1 saturated heterocycles. The molecule has 4 aromatic carbocycles. The minimum Gasteiger partial charge on any atom is -0.354 e. The fraction of sp³-hybridized carbons (Fsp3) is 0.222. The number of hydrogen-bond acceptors (Lipinski definition) is 3. The van der Waals surface area contributed by atoms with Crippen LogP contribution in [-0.4, -0.2) is 37.8 Å². The molecule has 0 bridgehead atoms. The summed E-state index contributed by atoms with van der Waals surface area (Å²) < 4.78 is 28.1. The van der Waals surface area contributed by atoms with E-state index in [9.17, 15) is 13.2 Å². The minimum absolute atomic E-state index is 0.225. The number of sulfonamides is 1.